The number of rotatable bonds is 5. The van der Waals surface area contributed by atoms with Crippen LogP contribution in [0, 0.1) is 6.92 Å². The number of fused-ring (bicyclic) bond motifs is 1. The van der Waals surface area contributed by atoms with Crippen LogP contribution in [0.25, 0.3) is 10.9 Å². The van der Waals surface area contributed by atoms with Gasteiger partial charge < -0.3 is 18.9 Å². The first kappa shape index (κ1) is 22.1. The highest BCUT2D eigenvalue weighted by Crippen LogP contribution is 2.32. The zero-order valence-electron chi connectivity index (χ0n) is 18.7. The number of carbonyl (C=O) groups excluding carboxylic acids is 1. The molecule has 2 aliphatic heterocycles. The Morgan fingerprint density at radius 1 is 1.00 bits per heavy atom. The van der Waals surface area contributed by atoms with Crippen LogP contribution in [-0.2, 0) is 36.4 Å². The molecule has 2 aromatic carbocycles. The summed E-state index contributed by atoms with van der Waals surface area (Å²) in [6, 6.07) is 14.9. The number of nitrogens with zero attached hydrogens (tertiary/aromatic N) is 2. The monoisotopic (exact) mass is 468 g/mol. The summed E-state index contributed by atoms with van der Waals surface area (Å²) in [6.45, 7) is 4.34. The van der Waals surface area contributed by atoms with E-state index in [4.69, 9.17) is 9.47 Å². The predicted octanol–water partition coefficient (Wildman–Crippen LogP) is 3.29. The molecule has 1 amide bonds. The van der Waals surface area contributed by atoms with Gasteiger partial charge in [0, 0.05) is 43.0 Å². The minimum Gasteiger partial charge on any atom is -0.347 e. The van der Waals surface area contributed by atoms with Crippen LogP contribution < -0.4 is 0 Å². The van der Waals surface area contributed by atoms with Crippen molar-refractivity contribution >= 4 is 26.6 Å². The second-order valence-electron chi connectivity index (χ2n) is 8.81. The highest BCUT2D eigenvalue weighted by atomic mass is 32.2. The third-order valence-electron chi connectivity index (χ3n) is 6.69. The number of amides is 1. The van der Waals surface area contributed by atoms with Crippen molar-refractivity contribution in [3.05, 3.63) is 65.9 Å². The first-order valence-corrected chi connectivity index (χ1v) is 12.9. The fourth-order valence-corrected chi connectivity index (χ4v) is 6.46. The molecule has 0 bridgehead atoms. The quantitative estimate of drug-likeness (QED) is 0.574. The molecule has 2 saturated heterocycles. The van der Waals surface area contributed by atoms with E-state index in [1.54, 1.807) is 16.8 Å². The van der Waals surface area contributed by atoms with Gasteiger partial charge in [-0.05, 0) is 24.1 Å². The summed E-state index contributed by atoms with van der Waals surface area (Å²) in [6.07, 6.45) is 2.92. The van der Waals surface area contributed by atoms with Crippen LogP contribution in [-0.4, -0.2) is 55.9 Å². The molecule has 0 unspecified atom stereocenters. The summed E-state index contributed by atoms with van der Waals surface area (Å²) in [4.78, 5) is 15.2. The Morgan fingerprint density at radius 3 is 2.39 bits per heavy atom. The van der Waals surface area contributed by atoms with Gasteiger partial charge in [-0.25, -0.2) is 8.42 Å². The van der Waals surface area contributed by atoms with Crippen molar-refractivity contribution in [2.75, 3.05) is 26.3 Å². The van der Waals surface area contributed by atoms with E-state index < -0.39 is 15.6 Å². The molecule has 2 fully saturated rings. The van der Waals surface area contributed by atoms with Crippen molar-refractivity contribution in [2.24, 2.45) is 0 Å². The minimum atomic E-state index is -3.60. The number of likely N-dealkylation sites (tertiary alicyclic amines) is 1. The predicted molar refractivity (Wildman–Crippen MR) is 124 cm³/mol. The Hall–Kier alpha value is -2.68. The molecule has 174 valence electrons. The van der Waals surface area contributed by atoms with Crippen molar-refractivity contribution in [3.8, 4) is 0 Å². The number of piperidine rings is 1. The summed E-state index contributed by atoms with van der Waals surface area (Å²) in [7, 11) is -3.60. The van der Waals surface area contributed by atoms with Gasteiger partial charge >= 0.3 is 0 Å². The Morgan fingerprint density at radius 2 is 1.67 bits per heavy atom. The summed E-state index contributed by atoms with van der Waals surface area (Å²) in [5.74, 6) is -0.643. The fraction of sp³-hybridized carbons (Fsp3) is 0.400. The van der Waals surface area contributed by atoms with Gasteiger partial charge in [0.25, 0.3) is 0 Å². The third-order valence-corrected chi connectivity index (χ3v) is 8.38. The van der Waals surface area contributed by atoms with Gasteiger partial charge in [-0.15, -0.1) is 0 Å². The van der Waals surface area contributed by atoms with Crippen LogP contribution in [0.2, 0.25) is 0 Å². The lowest BCUT2D eigenvalue weighted by atomic mass is 10.0. The molecule has 0 radical (unpaired) electrons. The first-order valence-electron chi connectivity index (χ1n) is 11.3. The lowest BCUT2D eigenvalue weighted by Crippen LogP contribution is -2.48. The zero-order chi connectivity index (χ0) is 23.1. The Labute approximate surface area is 193 Å². The number of benzene rings is 2. The Kier molecular flexibility index (Phi) is 5.76. The van der Waals surface area contributed by atoms with E-state index in [2.05, 4.69) is 0 Å². The number of hydrogen-bond acceptors (Lipinski definition) is 5. The molecular formula is C25H28N2O5S. The average molecular weight is 469 g/mol. The number of aryl methyl sites for hydroxylation is 1. The second-order valence-corrected chi connectivity index (χ2v) is 10.8. The molecule has 33 heavy (non-hydrogen) atoms. The van der Waals surface area contributed by atoms with Gasteiger partial charge in [-0.2, -0.15) is 0 Å². The number of hydrogen-bond donors (Lipinski definition) is 0. The maximum absolute atomic E-state index is 13.4. The molecule has 2 aliphatic rings. The van der Waals surface area contributed by atoms with Crippen LogP contribution in [0.5, 0.6) is 0 Å². The number of para-hydroxylation sites is 1. The van der Waals surface area contributed by atoms with Crippen LogP contribution in [0.1, 0.15) is 24.0 Å². The highest BCUT2D eigenvalue weighted by molar-refractivity contribution is 7.90. The maximum atomic E-state index is 13.4. The molecule has 3 aromatic rings. The van der Waals surface area contributed by atoms with Crippen LogP contribution in [0.3, 0.4) is 0 Å². The van der Waals surface area contributed by atoms with Crippen molar-refractivity contribution in [1.82, 2.24) is 9.47 Å². The third kappa shape index (κ3) is 4.30. The number of aromatic nitrogens is 1. The molecule has 3 heterocycles. The van der Waals surface area contributed by atoms with E-state index >= 15 is 0 Å². The number of sulfone groups is 1. The summed E-state index contributed by atoms with van der Waals surface area (Å²) >= 11 is 0. The van der Waals surface area contributed by atoms with E-state index in [0.717, 1.165) is 16.6 Å². The van der Waals surface area contributed by atoms with Gasteiger partial charge in [-0.1, -0.05) is 42.5 Å². The summed E-state index contributed by atoms with van der Waals surface area (Å²) in [5.41, 5.74) is 2.47. The summed E-state index contributed by atoms with van der Waals surface area (Å²) < 4.78 is 40.0. The van der Waals surface area contributed by atoms with Crippen molar-refractivity contribution in [1.29, 1.82) is 0 Å². The SMILES string of the molecule is Cc1ccccc1CS(=O)(=O)c1cn(CC(=O)N2CCC3(CC2)OCCO3)c2ccccc12. The standard InChI is InChI=1S/C25H28N2O5S/c1-19-6-2-3-7-20(19)18-33(29,30)23-16-27(22-9-5-4-8-21(22)23)17-24(28)26-12-10-25(11-13-26)31-14-15-32-25/h2-9,16H,10-15,17-18H2,1H3. The largest absolute Gasteiger partial charge is 0.347 e. The molecule has 7 nitrogen and oxygen atoms in total. The van der Waals surface area contributed by atoms with Crippen molar-refractivity contribution < 1.29 is 22.7 Å². The van der Waals surface area contributed by atoms with E-state index in [0.29, 0.717) is 44.5 Å². The van der Waals surface area contributed by atoms with Gasteiger partial charge in [0.05, 0.1) is 23.9 Å². The highest BCUT2D eigenvalue weighted by Gasteiger charge is 2.40. The van der Waals surface area contributed by atoms with E-state index in [9.17, 15) is 13.2 Å². The lowest BCUT2D eigenvalue weighted by molar-refractivity contribution is -0.187. The fourth-order valence-electron chi connectivity index (χ4n) is 4.77. The molecule has 8 heteroatoms. The van der Waals surface area contributed by atoms with E-state index in [1.165, 1.54) is 0 Å². The first-order chi connectivity index (χ1) is 15.9. The maximum Gasteiger partial charge on any atom is 0.242 e. The Bertz CT molecular complexity index is 1280. The molecule has 0 aliphatic carbocycles. The molecule has 5 rings (SSSR count). The van der Waals surface area contributed by atoms with Crippen LogP contribution >= 0.6 is 0 Å². The molecule has 0 N–H and O–H groups in total. The normalized spacial score (nSPS) is 18.3. The van der Waals surface area contributed by atoms with Gasteiger partial charge in [0.2, 0.25) is 5.91 Å². The van der Waals surface area contributed by atoms with E-state index in [1.807, 2.05) is 54.3 Å². The minimum absolute atomic E-state index is 0.0357. The van der Waals surface area contributed by atoms with Crippen molar-refractivity contribution in [3.63, 3.8) is 0 Å². The lowest BCUT2D eigenvalue weighted by Gasteiger charge is -2.37. The number of carbonyl (C=O) groups is 1. The molecule has 1 aromatic heterocycles. The van der Waals surface area contributed by atoms with Crippen LogP contribution in [0.15, 0.2) is 59.6 Å². The van der Waals surface area contributed by atoms with Crippen molar-refractivity contribution in [2.45, 2.75) is 42.7 Å². The zero-order valence-corrected chi connectivity index (χ0v) is 19.5. The second kappa shape index (κ2) is 8.59. The smallest absolute Gasteiger partial charge is 0.242 e. The molecular weight excluding hydrogens is 440 g/mol. The molecule has 0 saturated carbocycles. The number of ether oxygens (including phenoxy) is 2. The topological polar surface area (TPSA) is 77.8 Å². The average Bonchev–Trinajstić information content (AvgIpc) is 3.41. The Balaban J connectivity index is 1.39. The van der Waals surface area contributed by atoms with Gasteiger partial charge in [0.1, 0.15) is 6.54 Å². The molecule has 0 atom stereocenters. The summed E-state index contributed by atoms with van der Waals surface area (Å²) in [5, 5.41) is 0.643. The van der Waals surface area contributed by atoms with E-state index in [-0.39, 0.29) is 23.1 Å². The van der Waals surface area contributed by atoms with Crippen LogP contribution in [0.4, 0.5) is 0 Å². The van der Waals surface area contributed by atoms with Gasteiger partial charge in [0.15, 0.2) is 15.6 Å². The molecule has 1 spiro atoms. The van der Waals surface area contributed by atoms with Gasteiger partial charge in [-0.3, -0.25) is 4.79 Å².